The largest absolute Gasteiger partial charge is 0.306 e. The summed E-state index contributed by atoms with van der Waals surface area (Å²) in [5, 5.41) is 9.63. The van der Waals surface area contributed by atoms with Crippen molar-refractivity contribution in [1.82, 2.24) is 20.1 Å². The van der Waals surface area contributed by atoms with Crippen LogP contribution in [-0.2, 0) is 23.4 Å². The Balaban J connectivity index is 1.66. The maximum atomic E-state index is 11.4. The molecule has 1 aliphatic heterocycles. The molecule has 1 fully saturated rings. The molecular weight excluding hydrogens is 296 g/mol. The molecule has 8 heteroatoms. The van der Waals surface area contributed by atoms with Gasteiger partial charge in [-0.1, -0.05) is 6.07 Å². The molecule has 1 saturated heterocycles. The second-order valence-electron chi connectivity index (χ2n) is 4.93. The highest BCUT2D eigenvalue weighted by molar-refractivity contribution is 7.91. The summed E-state index contributed by atoms with van der Waals surface area (Å²) in [7, 11) is -0.990. The van der Waals surface area contributed by atoms with Gasteiger partial charge in [0, 0.05) is 13.1 Å². The van der Waals surface area contributed by atoms with Crippen molar-refractivity contribution in [2.24, 2.45) is 7.05 Å². The van der Waals surface area contributed by atoms with E-state index in [0.717, 1.165) is 16.5 Å². The number of nitrogens with zero attached hydrogens (tertiary/aromatic N) is 3. The molecule has 6 nitrogen and oxygen atoms in total. The van der Waals surface area contributed by atoms with Gasteiger partial charge >= 0.3 is 0 Å². The third-order valence-electron chi connectivity index (χ3n) is 3.38. The lowest BCUT2D eigenvalue weighted by Crippen LogP contribution is -2.30. The minimum absolute atomic E-state index is 0.0295. The number of hydrogen-bond acceptors (Lipinski definition) is 6. The molecule has 0 radical (unpaired) electrons. The Morgan fingerprint density at radius 2 is 2.40 bits per heavy atom. The summed E-state index contributed by atoms with van der Waals surface area (Å²) in [5.41, 5.74) is 0. The maximum Gasteiger partial charge on any atom is 0.191 e. The average Bonchev–Trinajstić information content (AvgIpc) is 3.07. The van der Waals surface area contributed by atoms with Crippen LogP contribution in [0.3, 0.4) is 0 Å². The summed E-state index contributed by atoms with van der Waals surface area (Å²) in [4.78, 5) is 5.54. The Labute approximate surface area is 121 Å². The van der Waals surface area contributed by atoms with Gasteiger partial charge < -0.3 is 5.32 Å². The number of aromatic nitrogens is 3. The van der Waals surface area contributed by atoms with E-state index in [2.05, 4.69) is 15.4 Å². The minimum atomic E-state index is -2.84. The summed E-state index contributed by atoms with van der Waals surface area (Å²) in [6.45, 7) is 0.537. The lowest BCUT2D eigenvalue weighted by Gasteiger charge is -2.09. The van der Waals surface area contributed by atoms with Crippen molar-refractivity contribution >= 4 is 21.2 Å². The van der Waals surface area contributed by atoms with Crippen LogP contribution in [0.2, 0.25) is 0 Å². The molecule has 2 aromatic heterocycles. The highest BCUT2D eigenvalue weighted by Gasteiger charge is 2.27. The van der Waals surface area contributed by atoms with E-state index < -0.39 is 9.84 Å². The number of thiophene rings is 1. The Kier molecular flexibility index (Phi) is 3.61. The molecule has 1 unspecified atom stereocenters. The molecule has 0 bridgehead atoms. The van der Waals surface area contributed by atoms with Gasteiger partial charge in [-0.15, -0.1) is 11.3 Å². The summed E-state index contributed by atoms with van der Waals surface area (Å²) in [5.74, 6) is 2.04. The van der Waals surface area contributed by atoms with Gasteiger partial charge in [0.2, 0.25) is 0 Å². The lowest BCUT2D eigenvalue weighted by atomic mass is 10.2. The summed E-state index contributed by atoms with van der Waals surface area (Å²) >= 11 is 1.60. The number of rotatable bonds is 4. The first-order chi connectivity index (χ1) is 9.53. The number of sulfone groups is 1. The molecule has 1 atom stereocenters. The van der Waals surface area contributed by atoms with Crippen LogP contribution in [0.25, 0.3) is 10.7 Å². The highest BCUT2D eigenvalue weighted by atomic mass is 32.2. The minimum Gasteiger partial charge on any atom is -0.306 e. The second-order valence-corrected chi connectivity index (χ2v) is 8.11. The van der Waals surface area contributed by atoms with Crippen LogP contribution in [0, 0.1) is 0 Å². The number of aryl methyl sites for hydroxylation is 1. The third kappa shape index (κ3) is 2.92. The predicted octanol–water partition coefficient (Wildman–Crippen LogP) is 0.820. The molecule has 2 aromatic rings. The molecular formula is C12H16N4O2S2. The summed E-state index contributed by atoms with van der Waals surface area (Å²) in [6.07, 6.45) is 0.679. The van der Waals surface area contributed by atoms with Gasteiger partial charge in [0.15, 0.2) is 15.7 Å². The molecule has 0 spiro atoms. The van der Waals surface area contributed by atoms with E-state index in [1.807, 2.05) is 24.6 Å². The van der Waals surface area contributed by atoms with Crippen molar-refractivity contribution in [2.45, 2.75) is 19.0 Å². The Hall–Kier alpha value is -1.25. The van der Waals surface area contributed by atoms with E-state index in [1.54, 1.807) is 16.0 Å². The van der Waals surface area contributed by atoms with Gasteiger partial charge in [0.1, 0.15) is 5.82 Å². The summed E-state index contributed by atoms with van der Waals surface area (Å²) < 4.78 is 24.6. The topological polar surface area (TPSA) is 76.9 Å². The molecule has 108 valence electrons. The first kappa shape index (κ1) is 13.7. The zero-order valence-corrected chi connectivity index (χ0v) is 12.7. The van der Waals surface area contributed by atoms with Crippen LogP contribution in [-0.4, -0.2) is 40.7 Å². The first-order valence-electron chi connectivity index (χ1n) is 6.41. The van der Waals surface area contributed by atoms with Crippen LogP contribution in [0.15, 0.2) is 17.5 Å². The van der Waals surface area contributed by atoms with E-state index in [1.165, 1.54) is 0 Å². The van der Waals surface area contributed by atoms with E-state index in [9.17, 15) is 8.42 Å². The molecule has 1 N–H and O–H groups in total. The van der Waals surface area contributed by atoms with Crippen LogP contribution in [0.4, 0.5) is 0 Å². The standard InChI is InChI=1S/C12H16N4O2S2/c1-16-11(7-13-9-4-6-20(17,18)8-9)14-12(15-16)10-3-2-5-19-10/h2-3,5,9,13H,4,6-8H2,1H3. The highest BCUT2D eigenvalue weighted by Crippen LogP contribution is 2.21. The molecule has 0 saturated carbocycles. The summed E-state index contributed by atoms with van der Waals surface area (Å²) in [6, 6.07) is 3.99. The molecule has 20 heavy (non-hydrogen) atoms. The van der Waals surface area contributed by atoms with Gasteiger partial charge in [0.05, 0.1) is 22.9 Å². The van der Waals surface area contributed by atoms with E-state index in [-0.39, 0.29) is 17.5 Å². The lowest BCUT2D eigenvalue weighted by molar-refractivity contribution is 0.527. The number of nitrogens with one attached hydrogen (secondary N) is 1. The second kappa shape index (κ2) is 5.27. The SMILES string of the molecule is Cn1nc(-c2cccs2)nc1CNC1CCS(=O)(=O)C1. The smallest absolute Gasteiger partial charge is 0.191 e. The Bertz CT molecular complexity index is 691. The fourth-order valence-electron chi connectivity index (χ4n) is 2.27. The number of hydrogen-bond donors (Lipinski definition) is 1. The maximum absolute atomic E-state index is 11.4. The van der Waals surface area contributed by atoms with Gasteiger partial charge in [-0.25, -0.2) is 13.4 Å². The van der Waals surface area contributed by atoms with Crippen molar-refractivity contribution in [3.8, 4) is 10.7 Å². The monoisotopic (exact) mass is 312 g/mol. The van der Waals surface area contributed by atoms with Gasteiger partial charge in [0.25, 0.3) is 0 Å². The van der Waals surface area contributed by atoms with Crippen LogP contribution in [0.5, 0.6) is 0 Å². The zero-order chi connectivity index (χ0) is 14.2. The van der Waals surface area contributed by atoms with Crippen LogP contribution >= 0.6 is 11.3 Å². The predicted molar refractivity (Wildman–Crippen MR) is 78.2 cm³/mol. The fraction of sp³-hybridized carbons (Fsp3) is 0.500. The van der Waals surface area contributed by atoms with E-state index in [4.69, 9.17) is 0 Å². The molecule has 1 aliphatic rings. The van der Waals surface area contributed by atoms with Crippen molar-refractivity contribution in [2.75, 3.05) is 11.5 Å². The fourth-order valence-corrected chi connectivity index (χ4v) is 4.63. The average molecular weight is 312 g/mol. The van der Waals surface area contributed by atoms with Crippen molar-refractivity contribution < 1.29 is 8.42 Å². The van der Waals surface area contributed by atoms with Crippen LogP contribution < -0.4 is 5.32 Å². The molecule has 3 heterocycles. The zero-order valence-electron chi connectivity index (χ0n) is 11.1. The molecule has 0 aliphatic carbocycles. The third-order valence-corrected chi connectivity index (χ3v) is 6.01. The Morgan fingerprint density at radius 1 is 1.55 bits per heavy atom. The van der Waals surface area contributed by atoms with Gasteiger partial charge in [-0.3, -0.25) is 4.68 Å². The van der Waals surface area contributed by atoms with Crippen molar-refractivity contribution in [1.29, 1.82) is 0 Å². The molecule has 0 amide bonds. The van der Waals surface area contributed by atoms with E-state index in [0.29, 0.717) is 13.0 Å². The quantitative estimate of drug-likeness (QED) is 0.904. The normalized spacial score (nSPS) is 21.4. The van der Waals surface area contributed by atoms with Gasteiger partial charge in [-0.05, 0) is 17.9 Å². The molecule has 3 rings (SSSR count). The van der Waals surface area contributed by atoms with Crippen molar-refractivity contribution in [3.05, 3.63) is 23.3 Å². The first-order valence-corrected chi connectivity index (χ1v) is 9.11. The Morgan fingerprint density at radius 3 is 3.05 bits per heavy atom. The van der Waals surface area contributed by atoms with Gasteiger partial charge in [-0.2, -0.15) is 5.10 Å². The van der Waals surface area contributed by atoms with E-state index >= 15 is 0 Å². The van der Waals surface area contributed by atoms with Crippen molar-refractivity contribution in [3.63, 3.8) is 0 Å². The van der Waals surface area contributed by atoms with Crippen LogP contribution in [0.1, 0.15) is 12.2 Å². The molecule has 0 aromatic carbocycles.